The second-order valence-corrected chi connectivity index (χ2v) is 3.44. The van der Waals surface area contributed by atoms with Gasteiger partial charge in [-0.1, -0.05) is 0 Å². The molecule has 3 nitrogen and oxygen atoms in total. The molecule has 2 aliphatic rings. The Morgan fingerprint density at radius 2 is 1.58 bits per heavy atom. The zero-order valence-corrected chi connectivity index (χ0v) is 8.88. The number of rotatable bonds is 0. The molecule has 0 saturated carbocycles. The highest BCUT2D eigenvalue weighted by Gasteiger charge is 2.27. The van der Waals surface area contributed by atoms with Crippen molar-refractivity contribution < 1.29 is 0 Å². The lowest BCUT2D eigenvalue weighted by Crippen LogP contribution is -2.65. The van der Waals surface area contributed by atoms with E-state index in [1.54, 1.807) is 0 Å². The maximum atomic E-state index is 3.58. The van der Waals surface area contributed by atoms with E-state index in [0.29, 0.717) is 12.1 Å². The smallest absolute Gasteiger partial charge is 0.0323 e. The van der Waals surface area contributed by atoms with Crippen LogP contribution in [-0.2, 0) is 0 Å². The summed E-state index contributed by atoms with van der Waals surface area (Å²) in [6.07, 6.45) is 0. The molecule has 2 N–H and O–H groups in total. The fraction of sp³-hybridized carbons (Fsp3) is 1.00. The average Bonchev–Trinajstić information content (AvgIpc) is 1.85. The number of hydrogen-bond donors (Lipinski definition) is 2. The van der Waals surface area contributed by atoms with Crippen LogP contribution in [0.2, 0.25) is 0 Å². The quantitative estimate of drug-likeness (QED) is 0.580. The predicted molar refractivity (Wildman–Crippen MR) is 55.6 cm³/mol. The molecule has 74 valence electrons. The van der Waals surface area contributed by atoms with E-state index in [9.17, 15) is 0 Å². The fourth-order valence-electron chi connectivity index (χ4n) is 1.94. The maximum Gasteiger partial charge on any atom is 0.0323 e. The van der Waals surface area contributed by atoms with Crippen LogP contribution < -0.4 is 10.6 Å². The molecule has 2 aliphatic heterocycles. The van der Waals surface area contributed by atoms with Crippen molar-refractivity contribution >= 4 is 24.8 Å². The Morgan fingerprint density at radius 1 is 1.08 bits per heavy atom. The lowest BCUT2D eigenvalue weighted by molar-refractivity contribution is 0.161. The highest BCUT2D eigenvalue weighted by atomic mass is 35.5. The largest absolute Gasteiger partial charge is 0.314 e. The Labute approximate surface area is 86.1 Å². The lowest BCUT2D eigenvalue weighted by atomic mass is 10.1. The molecule has 2 fully saturated rings. The van der Waals surface area contributed by atoms with Crippen molar-refractivity contribution in [2.75, 3.05) is 33.2 Å². The van der Waals surface area contributed by atoms with Crippen molar-refractivity contribution in [2.45, 2.75) is 12.1 Å². The number of nitrogens with one attached hydrogen (secondary N) is 2. The summed E-state index contributed by atoms with van der Waals surface area (Å²) in [6.45, 7) is 4.68. The normalized spacial score (nSPS) is 34.8. The molecular formula is C7H17Cl2N3. The van der Waals surface area contributed by atoms with Crippen molar-refractivity contribution in [3.8, 4) is 0 Å². The molecule has 2 saturated heterocycles. The van der Waals surface area contributed by atoms with E-state index >= 15 is 0 Å². The SMILES string of the molecule is CN1CC2CNCC(C1)N2.Cl.Cl. The van der Waals surface area contributed by atoms with E-state index in [0.717, 1.165) is 13.1 Å². The first-order chi connectivity index (χ1) is 4.84. The Balaban J connectivity index is 0.000000605. The summed E-state index contributed by atoms with van der Waals surface area (Å²) in [5.41, 5.74) is 0. The number of halogens is 2. The van der Waals surface area contributed by atoms with Gasteiger partial charge in [-0.15, -0.1) is 24.8 Å². The van der Waals surface area contributed by atoms with Gasteiger partial charge >= 0.3 is 0 Å². The molecule has 0 spiro atoms. The second kappa shape index (κ2) is 5.25. The van der Waals surface area contributed by atoms with Crippen molar-refractivity contribution in [2.24, 2.45) is 0 Å². The van der Waals surface area contributed by atoms with E-state index in [-0.39, 0.29) is 24.8 Å². The van der Waals surface area contributed by atoms with Crippen LogP contribution in [0.1, 0.15) is 0 Å². The third-order valence-electron chi connectivity index (χ3n) is 2.32. The van der Waals surface area contributed by atoms with Crippen LogP contribution in [0.4, 0.5) is 0 Å². The molecule has 0 aliphatic carbocycles. The standard InChI is InChI=1S/C7H15N3.2ClH/c1-10-4-6-2-8-3-7(5-10)9-6;;/h6-9H,2-5H2,1H3;2*1H. The van der Waals surface area contributed by atoms with Gasteiger partial charge in [0.25, 0.3) is 0 Å². The van der Waals surface area contributed by atoms with Gasteiger partial charge in [0.1, 0.15) is 0 Å². The third kappa shape index (κ3) is 2.75. The minimum Gasteiger partial charge on any atom is -0.314 e. The summed E-state index contributed by atoms with van der Waals surface area (Å²) >= 11 is 0. The van der Waals surface area contributed by atoms with Gasteiger partial charge in [0, 0.05) is 38.3 Å². The molecular weight excluding hydrogens is 197 g/mol. The number of likely N-dealkylation sites (N-methyl/N-ethyl adjacent to an activating group) is 1. The van der Waals surface area contributed by atoms with Gasteiger partial charge in [0.05, 0.1) is 0 Å². The van der Waals surface area contributed by atoms with Gasteiger partial charge in [-0.05, 0) is 7.05 Å². The summed E-state index contributed by atoms with van der Waals surface area (Å²) in [6, 6.07) is 1.38. The molecule has 2 heterocycles. The molecule has 0 aromatic rings. The van der Waals surface area contributed by atoms with Crippen LogP contribution in [0.5, 0.6) is 0 Å². The van der Waals surface area contributed by atoms with E-state index < -0.39 is 0 Å². The van der Waals surface area contributed by atoms with Crippen LogP contribution in [-0.4, -0.2) is 50.2 Å². The average molecular weight is 214 g/mol. The van der Waals surface area contributed by atoms with E-state index in [1.807, 2.05) is 0 Å². The first kappa shape index (κ1) is 12.5. The van der Waals surface area contributed by atoms with Gasteiger partial charge in [-0.3, -0.25) is 0 Å². The summed E-state index contributed by atoms with van der Waals surface area (Å²) in [7, 11) is 2.20. The van der Waals surface area contributed by atoms with Crippen molar-refractivity contribution in [1.29, 1.82) is 0 Å². The Morgan fingerprint density at radius 3 is 2.08 bits per heavy atom. The predicted octanol–water partition coefficient (Wildman–Crippen LogP) is -0.295. The van der Waals surface area contributed by atoms with Gasteiger partial charge in [0.15, 0.2) is 0 Å². The van der Waals surface area contributed by atoms with Gasteiger partial charge in [-0.25, -0.2) is 0 Å². The van der Waals surface area contributed by atoms with Gasteiger partial charge in [-0.2, -0.15) is 0 Å². The van der Waals surface area contributed by atoms with Gasteiger partial charge in [0.2, 0.25) is 0 Å². The first-order valence-electron chi connectivity index (χ1n) is 4.00. The van der Waals surface area contributed by atoms with Crippen molar-refractivity contribution in [3.63, 3.8) is 0 Å². The van der Waals surface area contributed by atoms with E-state index in [1.165, 1.54) is 13.1 Å². The van der Waals surface area contributed by atoms with E-state index in [2.05, 4.69) is 22.6 Å². The maximum absolute atomic E-state index is 3.58. The first-order valence-corrected chi connectivity index (χ1v) is 4.00. The Hall–Kier alpha value is 0.460. The molecule has 0 radical (unpaired) electrons. The zero-order chi connectivity index (χ0) is 6.97. The van der Waals surface area contributed by atoms with Crippen LogP contribution in [0.3, 0.4) is 0 Å². The van der Waals surface area contributed by atoms with Gasteiger partial charge < -0.3 is 15.5 Å². The highest BCUT2D eigenvalue weighted by Crippen LogP contribution is 2.04. The summed E-state index contributed by atoms with van der Waals surface area (Å²) < 4.78 is 0. The summed E-state index contributed by atoms with van der Waals surface area (Å²) in [5.74, 6) is 0. The van der Waals surface area contributed by atoms with Crippen LogP contribution >= 0.6 is 24.8 Å². The highest BCUT2D eigenvalue weighted by molar-refractivity contribution is 5.85. The molecule has 0 aromatic carbocycles. The molecule has 2 unspecified atom stereocenters. The number of hydrogen-bond acceptors (Lipinski definition) is 3. The molecule has 0 aromatic heterocycles. The van der Waals surface area contributed by atoms with Crippen molar-refractivity contribution in [3.05, 3.63) is 0 Å². The number of nitrogens with zero attached hydrogens (tertiary/aromatic N) is 1. The third-order valence-corrected chi connectivity index (χ3v) is 2.32. The molecule has 5 heteroatoms. The molecule has 0 amide bonds. The molecule has 2 bridgehead atoms. The second-order valence-electron chi connectivity index (χ2n) is 3.44. The molecule has 2 rings (SSSR count). The fourth-order valence-corrected chi connectivity index (χ4v) is 1.94. The zero-order valence-electron chi connectivity index (χ0n) is 7.25. The molecule has 2 atom stereocenters. The van der Waals surface area contributed by atoms with Crippen LogP contribution in [0.25, 0.3) is 0 Å². The van der Waals surface area contributed by atoms with E-state index in [4.69, 9.17) is 0 Å². The summed E-state index contributed by atoms with van der Waals surface area (Å²) in [4.78, 5) is 2.41. The Kier molecular flexibility index (Phi) is 5.45. The lowest BCUT2D eigenvalue weighted by Gasteiger charge is -2.41. The topological polar surface area (TPSA) is 27.3 Å². The minimum atomic E-state index is 0. The van der Waals surface area contributed by atoms with Crippen LogP contribution in [0.15, 0.2) is 0 Å². The molecule has 12 heavy (non-hydrogen) atoms. The number of fused-ring (bicyclic) bond motifs is 2. The Bertz CT molecular complexity index is 118. The summed E-state index contributed by atoms with van der Waals surface area (Å²) in [5, 5.41) is 7.00. The van der Waals surface area contributed by atoms with Crippen LogP contribution in [0, 0.1) is 0 Å². The monoisotopic (exact) mass is 213 g/mol. The van der Waals surface area contributed by atoms with Crippen molar-refractivity contribution in [1.82, 2.24) is 15.5 Å². The number of piperazine rings is 2. The minimum absolute atomic E-state index is 0.